The molecule has 0 spiro atoms. The zero-order valence-corrected chi connectivity index (χ0v) is 14.9. The molecule has 0 atom stereocenters. The predicted octanol–water partition coefficient (Wildman–Crippen LogP) is 3.30. The summed E-state index contributed by atoms with van der Waals surface area (Å²) in [5, 5.41) is 13.3. The van der Waals surface area contributed by atoms with Gasteiger partial charge >= 0.3 is 0 Å². The number of hydrogen-bond acceptors (Lipinski definition) is 3. The van der Waals surface area contributed by atoms with Gasteiger partial charge in [-0.05, 0) is 43.9 Å². The molecule has 2 N–H and O–H groups in total. The Kier molecular flexibility index (Phi) is 5.63. The Bertz CT molecular complexity index is 525. The van der Waals surface area contributed by atoms with Crippen molar-refractivity contribution in [3.05, 3.63) is 29.3 Å². The molecule has 0 fully saturated rings. The van der Waals surface area contributed by atoms with Crippen LogP contribution in [0, 0.1) is 12.3 Å². The lowest BCUT2D eigenvalue weighted by molar-refractivity contribution is 0.0367. The molecule has 4 heteroatoms. The number of nitrogens with zero attached hydrogens (tertiary/aromatic N) is 1. The van der Waals surface area contributed by atoms with Gasteiger partial charge in [-0.15, -0.1) is 0 Å². The summed E-state index contributed by atoms with van der Waals surface area (Å²) in [7, 11) is 1.72. The van der Waals surface area contributed by atoms with Gasteiger partial charge in [0.15, 0.2) is 0 Å². The van der Waals surface area contributed by atoms with Crippen molar-refractivity contribution in [2.45, 2.75) is 47.1 Å². The van der Waals surface area contributed by atoms with Gasteiger partial charge in [0, 0.05) is 31.4 Å². The van der Waals surface area contributed by atoms with Gasteiger partial charge in [-0.2, -0.15) is 0 Å². The van der Waals surface area contributed by atoms with E-state index in [4.69, 9.17) is 0 Å². The summed E-state index contributed by atoms with van der Waals surface area (Å²) >= 11 is 0. The highest BCUT2D eigenvalue weighted by molar-refractivity contribution is 5.97. The fraction of sp³-hybridized carbons (Fsp3) is 0.611. The Hall–Kier alpha value is -1.55. The van der Waals surface area contributed by atoms with Crippen LogP contribution in [0.1, 0.15) is 50.5 Å². The van der Waals surface area contributed by atoms with E-state index < -0.39 is 5.60 Å². The van der Waals surface area contributed by atoms with Gasteiger partial charge in [-0.1, -0.05) is 26.8 Å². The number of likely N-dealkylation sites (N-methyl/N-ethyl adjacent to an activating group) is 1. The highest BCUT2D eigenvalue weighted by Crippen LogP contribution is 2.23. The quantitative estimate of drug-likeness (QED) is 0.877. The van der Waals surface area contributed by atoms with Crippen LogP contribution < -0.4 is 5.32 Å². The normalized spacial score (nSPS) is 12.2. The van der Waals surface area contributed by atoms with E-state index in [2.05, 4.69) is 26.1 Å². The standard InChI is InChI=1S/C18H30N2O2/c1-13-14(16(21)20(7)12-18(5,6)22)9-8-10-15(13)19-11-17(2,3)4/h8-10,19,22H,11-12H2,1-7H3. The van der Waals surface area contributed by atoms with E-state index in [1.165, 1.54) is 0 Å². The second-order valence-corrected chi connectivity index (χ2v) is 7.87. The summed E-state index contributed by atoms with van der Waals surface area (Å²) in [6, 6.07) is 5.72. The Balaban J connectivity index is 2.94. The van der Waals surface area contributed by atoms with Crippen LogP contribution in [-0.2, 0) is 0 Å². The summed E-state index contributed by atoms with van der Waals surface area (Å²) in [6.07, 6.45) is 0. The van der Waals surface area contributed by atoms with E-state index in [0.717, 1.165) is 17.8 Å². The largest absolute Gasteiger partial charge is 0.389 e. The van der Waals surface area contributed by atoms with Crippen molar-refractivity contribution >= 4 is 11.6 Å². The zero-order chi connectivity index (χ0) is 17.1. The molecule has 0 saturated carbocycles. The van der Waals surface area contributed by atoms with Gasteiger partial charge in [0.1, 0.15) is 0 Å². The number of hydrogen-bond donors (Lipinski definition) is 2. The van der Waals surface area contributed by atoms with E-state index in [1.807, 2.05) is 25.1 Å². The molecule has 0 saturated heterocycles. The molecular formula is C18H30N2O2. The van der Waals surface area contributed by atoms with E-state index in [9.17, 15) is 9.90 Å². The molecule has 0 unspecified atom stereocenters. The molecule has 4 nitrogen and oxygen atoms in total. The van der Waals surface area contributed by atoms with E-state index in [-0.39, 0.29) is 11.3 Å². The van der Waals surface area contributed by atoms with Crippen LogP contribution in [0.25, 0.3) is 0 Å². The minimum atomic E-state index is -0.902. The highest BCUT2D eigenvalue weighted by Gasteiger charge is 2.22. The van der Waals surface area contributed by atoms with Gasteiger partial charge in [0.05, 0.1) is 5.60 Å². The molecule has 0 aliphatic carbocycles. The molecular weight excluding hydrogens is 276 g/mol. The third kappa shape index (κ3) is 5.68. The Morgan fingerprint density at radius 1 is 1.23 bits per heavy atom. The van der Waals surface area contributed by atoms with E-state index in [1.54, 1.807) is 25.8 Å². The lowest BCUT2D eigenvalue weighted by Crippen LogP contribution is -2.40. The van der Waals surface area contributed by atoms with Gasteiger partial charge in [-0.3, -0.25) is 4.79 Å². The smallest absolute Gasteiger partial charge is 0.254 e. The van der Waals surface area contributed by atoms with Crippen LogP contribution in [0.2, 0.25) is 0 Å². The fourth-order valence-electron chi connectivity index (χ4n) is 2.28. The van der Waals surface area contributed by atoms with Crippen LogP contribution in [0.4, 0.5) is 5.69 Å². The summed E-state index contributed by atoms with van der Waals surface area (Å²) in [5.41, 5.74) is 1.87. The Morgan fingerprint density at radius 2 is 1.82 bits per heavy atom. The van der Waals surface area contributed by atoms with Gasteiger partial charge in [0.2, 0.25) is 0 Å². The van der Waals surface area contributed by atoms with Crippen LogP contribution in [0.5, 0.6) is 0 Å². The number of rotatable bonds is 5. The molecule has 1 amide bonds. The van der Waals surface area contributed by atoms with E-state index >= 15 is 0 Å². The number of carbonyl (C=O) groups excluding carboxylic acids is 1. The molecule has 1 rings (SSSR count). The average Bonchev–Trinajstić information content (AvgIpc) is 2.33. The minimum Gasteiger partial charge on any atom is -0.389 e. The number of carbonyl (C=O) groups is 1. The maximum Gasteiger partial charge on any atom is 0.254 e. The number of anilines is 1. The maximum atomic E-state index is 12.6. The SMILES string of the molecule is Cc1c(NCC(C)(C)C)cccc1C(=O)N(C)CC(C)(C)O. The van der Waals surface area contributed by atoms with Gasteiger partial charge in [-0.25, -0.2) is 0 Å². The topological polar surface area (TPSA) is 52.6 Å². The Labute approximate surface area is 134 Å². The zero-order valence-electron chi connectivity index (χ0n) is 14.9. The molecule has 0 bridgehead atoms. The van der Waals surface area contributed by atoms with Crippen LogP contribution in [-0.4, -0.2) is 41.7 Å². The molecule has 0 radical (unpaired) electrons. The molecule has 22 heavy (non-hydrogen) atoms. The van der Waals surface area contributed by atoms with Crippen LogP contribution in [0.15, 0.2) is 18.2 Å². The third-order valence-electron chi connectivity index (χ3n) is 3.34. The van der Waals surface area contributed by atoms with Gasteiger partial charge < -0.3 is 15.3 Å². The fourth-order valence-corrected chi connectivity index (χ4v) is 2.28. The summed E-state index contributed by atoms with van der Waals surface area (Å²) in [4.78, 5) is 14.1. The van der Waals surface area contributed by atoms with Crippen LogP contribution in [0.3, 0.4) is 0 Å². The first kappa shape index (κ1) is 18.5. The second-order valence-electron chi connectivity index (χ2n) is 7.87. The number of aliphatic hydroxyl groups is 1. The average molecular weight is 306 g/mol. The maximum absolute atomic E-state index is 12.6. The van der Waals surface area contributed by atoms with Crippen LogP contribution >= 0.6 is 0 Å². The lowest BCUT2D eigenvalue weighted by atomic mass is 9.96. The number of amides is 1. The first-order valence-corrected chi connectivity index (χ1v) is 7.72. The molecule has 0 aliphatic heterocycles. The first-order chi connectivity index (χ1) is 9.91. The van der Waals surface area contributed by atoms with Crippen molar-refractivity contribution in [1.29, 1.82) is 0 Å². The molecule has 1 aromatic carbocycles. The third-order valence-corrected chi connectivity index (χ3v) is 3.34. The number of benzene rings is 1. The number of nitrogens with one attached hydrogen (secondary N) is 1. The molecule has 0 heterocycles. The minimum absolute atomic E-state index is 0.0703. The monoisotopic (exact) mass is 306 g/mol. The van der Waals surface area contributed by atoms with E-state index in [0.29, 0.717) is 12.1 Å². The highest BCUT2D eigenvalue weighted by atomic mass is 16.3. The first-order valence-electron chi connectivity index (χ1n) is 7.72. The second kappa shape index (κ2) is 6.69. The Morgan fingerprint density at radius 3 is 2.32 bits per heavy atom. The predicted molar refractivity (Wildman–Crippen MR) is 92.4 cm³/mol. The van der Waals surface area contributed by atoms with Crippen molar-refractivity contribution in [3.8, 4) is 0 Å². The van der Waals surface area contributed by atoms with Crippen molar-refractivity contribution in [2.75, 3.05) is 25.5 Å². The summed E-state index contributed by atoms with van der Waals surface area (Å²) in [5.74, 6) is -0.0703. The molecule has 0 aromatic heterocycles. The molecule has 1 aromatic rings. The van der Waals surface area contributed by atoms with Gasteiger partial charge in [0.25, 0.3) is 5.91 Å². The van der Waals surface area contributed by atoms with Crippen molar-refractivity contribution < 1.29 is 9.90 Å². The summed E-state index contributed by atoms with van der Waals surface area (Å²) in [6.45, 7) is 13.0. The lowest BCUT2D eigenvalue weighted by Gasteiger charge is -2.27. The van der Waals surface area contributed by atoms with Crippen molar-refractivity contribution in [2.24, 2.45) is 5.41 Å². The molecule has 0 aliphatic rings. The molecule has 124 valence electrons. The summed E-state index contributed by atoms with van der Waals surface area (Å²) < 4.78 is 0. The van der Waals surface area contributed by atoms with Crippen molar-refractivity contribution in [1.82, 2.24) is 4.90 Å². The van der Waals surface area contributed by atoms with Crippen molar-refractivity contribution in [3.63, 3.8) is 0 Å².